The predicted octanol–water partition coefficient (Wildman–Crippen LogP) is 1.79. The molecule has 3 N–H and O–H groups in total. The van der Waals surface area contributed by atoms with Crippen LogP contribution < -0.4 is 10.5 Å². The molecule has 0 atom stereocenters. The lowest BCUT2D eigenvalue weighted by molar-refractivity contribution is 0.458. The predicted molar refractivity (Wildman–Crippen MR) is 82.4 cm³/mol. The highest BCUT2D eigenvalue weighted by Crippen LogP contribution is 2.15. The van der Waals surface area contributed by atoms with Gasteiger partial charge < -0.3 is 5.73 Å². The van der Waals surface area contributed by atoms with E-state index in [-0.39, 0.29) is 17.7 Å². The first-order valence-electron chi connectivity index (χ1n) is 5.95. The summed E-state index contributed by atoms with van der Waals surface area (Å²) in [4.78, 5) is 0.305. The van der Waals surface area contributed by atoms with E-state index in [9.17, 15) is 8.42 Å². The van der Waals surface area contributed by atoms with Crippen LogP contribution in [0.25, 0.3) is 0 Å². The highest BCUT2D eigenvalue weighted by Gasteiger charge is 2.21. The van der Waals surface area contributed by atoms with Gasteiger partial charge >= 0.3 is 0 Å². The second kappa shape index (κ2) is 5.98. The lowest BCUT2D eigenvalue weighted by atomic mass is 10.0. The van der Waals surface area contributed by atoms with Gasteiger partial charge in [-0.05, 0) is 17.0 Å². The molecule has 0 spiro atoms. The minimum Gasteiger partial charge on any atom is -0.389 e. The molecule has 1 aromatic rings. The zero-order valence-electron chi connectivity index (χ0n) is 11.4. The molecule has 0 amide bonds. The Morgan fingerprint density at radius 3 is 2.53 bits per heavy atom. The van der Waals surface area contributed by atoms with Gasteiger partial charge in [-0.2, -0.15) is 0 Å². The van der Waals surface area contributed by atoms with Crippen molar-refractivity contribution in [3.63, 3.8) is 0 Å². The minimum absolute atomic E-state index is 0.0923. The van der Waals surface area contributed by atoms with Gasteiger partial charge in [-0.1, -0.05) is 51.2 Å². The minimum atomic E-state index is -3.28. The maximum atomic E-state index is 11.9. The van der Waals surface area contributed by atoms with Crippen molar-refractivity contribution in [1.29, 1.82) is 0 Å². The first-order valence-corrected chi connectivity index (χ1v) is 8.01. The molecule has 0 aromatic heterocycles. The standard InChI is InChI=1S/C13H20N2O2S2/c1-13(2,3)9-19(16,17)15-8-10-5-4-6-11(7-10)12(14)18/h4-7,15H,8-9H2,1-3H3,(H2,14,18). The Kier molecular flexibility index (Phi) is 5.06. The average molecular weight is 300 g/mol. The molecule has 0 radical (unpaired) electrons. The number of thiocarbonyl (C=S) groups is 1. The Labute approximate surface area is 120 Å². The van der Waals surface area contributed by atoms with Crippen molar-refractivity contribution in [2.75, 3.05) is 5.75 Å². The summed E-state index contributed by atoms with van der Waals surface area (Å²) < 4.78 is 26.3. The quantitative estimate of drug-likeness (QED) is 0.813. The second-order valence-electron chi connectivity index (χ2n) is 5.71. The number of sulfonamides is 1. The van der Waals surface area contributed by atoms with Crippen LogP contribution in [0, 0.1) is 5.41 Å². The summed E-state index contributed by atoms with van der Waals surface area (Å²) in [5, 5.41) is 0. The molecular formula is C13H20N2O2S2. The summed E-state index contributed by atoms with van der Waals surface area (Å²) >= 11 is 4.89. The number of hydrogen-bond acceptors (Lipinski definition) is 3. The SMILES string of the molecule is CC(C)(C)CS(=O)(=O)NCc1cccc(C(N)=S)c1. The van der Waals surface area contributed by atoms with Gasteiger partial charge in [0, 0.05) is 12.1 Å². The largest absolute Gasteiger partial charge is 0.389 e. The molecule has 0 bridgehead atoms. The van der Waals surface area contributed by atoms with Crippen LogP contribution in [0.1, 0.15) is 31.9 Å². The molecule has 1 aromatic carbocycles. The van der Waals surface area contributed by atoms with Crippen molar-refractivity contribution in [3.8, 4) is 0 Å². The van der Waals surface area contributed by atoms with Gasteiger partial charge in [-0.3, -0.25) is 0 Å². The van der Waals surface area contributed by atoms with E-state index in [0.717, 1.165) is 11.1 Å². The summed E-state index contributed by atoms with van der Waals surface area (Å²) in [6.45, 7) is 5.91. The molecule has 0 heterocycles. The third-order valence-electron chi connectivity index (χ3n) is 2.33. The second-order valence-corrected chi connectivity index (χ2v) is 7.95. The van der Waals surface area contributed by atoms with Gasteiger partial charge in [-0.25, -0.2) is 13.1 Å². The van der Waals surface area contributed by atoms with Gasteiger partial charge in [0.1, 0.15) is 4.99 Å². The molecule has 0 aliphatic rings. The number of hydrogen-bond donors (Lipinski definition) is 2. The number of nitrogens with two attached hydrogens (primary N) is 1. The third kappa shape index (κ3) is 6.13. The van der Waals surface area contributed by atoms with E-state index in [1.807, 2.05) is 32.9 Å². The Hall–Kier alpha value is -0.980. The first kappa shape index (κ1) is 16.1. The first-order chi connectivity index (χ1) is 8.59. The topological polar surface area (TPSA) is 72.2 Å². The molecule has 19 heavy (non-hydrogen) atoms. The molecule has 0 unspecified atom stereocenters. The van der Waals surface area contributed by atoms with Crippen molar-refractivity contribution in [1.82, 2.24) is 4.72 Å². The molecule has 4 nitrogen and oxygen atoms in total. The number of rotatable bonds is 5. The van der Waals surface area contributed by atoms with Crippen molar-refractivity contribution >= 4 is 27.2 Å². The maximum Gasteiger partial charge on any atom is 0.212 e. The van der Waals surface area contributed by atoms with E-state index in [0.29, 0.717) is 4.99 Å². The van der Waals surface area contributed by atoms with Gasteiger partial charge in [0.05, 0.1) is 5.75 Å². The molecular weight excluding hydrogens is 280 g/mol. The van der Waals surface area contributed by atoms with Crippen LogP contribution in [-0.4, -0.2) is 19.2 Å². The van der Waals surface area contributed by atoms with E-state index in [4.69, 9.17) is 18.0 Å². The van der Waals surface area contributed by atoms with E-state index < -0.39 is 10.0 Å². The van der Waals surface area contributed by atoms with E-state index in [1.165, 1.54) is 0 Å². The van der Waals surface area contributed by atoms with Crippen LogP contribution in [0.4, 0.5) is 0 Å². The lowest BCUT2D eigenvalue weighted by Crippen LogP contribution is -2.32. The Balaban J connectivity index is 2.72. The smallest absolute Gasteiger partial charge is 0.212 e. The van der Waals surface area contributed by atoms with Crippen LogP contribution in [0.5, 0.6) is 0 Å². The van der Waals surface area contributed by atoms with Crippen LogP contribution in [-0.2, 0) is 16.6 Å². The summed E-state index contributed by atoms with van der Waals surface area (Å²) in [6.07, 6.45) is 0. The molecule has 0 aliphatic heterocycles. The molecule has 0 saturated heterocycles. The number of nitrogens with one attached hydrogen (secondary N) is 1. The Bertz CT molecular complexity index is 560. The van der Waals surface area contributed by atoms with E-state index >= 15 is 0 Å². The van der Waals surface area contributed by atoms with E-state index in [1.54, 1.807) is 12.1 Å². The maximum absolute atomic E-state index is 11.9. The van der Waals surface area contributed by atoms with Crippen LogP contribution in [0.3, 0.4) is 0 Å². The zero-order chi connectivity index (χ0) is 14.7. The van der Waals surface area contributed by atoms with Crippen molar-refractivity contribution in [2.24, 2.45) is 11.1 Å². The number of benzene rings is 1. The average Bonchev–Trinajstić information content (AvgIpc) is 2.24. The monoisotopic (exact) mass is 300 g/mol. The zero-order valence-corrected chi connectivity index (χ0v) is 13.1. The lowest BCUT2D eigenvalue weighted by Gasteiger charge is -2.18. The molecule has 106 valence electrons. The molecule has 1 rings (SSSR count). The van der Waals surface area contributed by atoms with Gasteiger partial charge in [0.2, 0.25) is 10.0 Å². The summed E-state index contributed by atoms with van der Waals surface area (Å²) in [5.41, 5.74) is 6.84. The highest BCUT2D eigenvalue weighted by atomic mass is 32.2. The molecule has 0 fully saturated rings. The van der Waals surface area contributed by atoms with Gasteiger partial charge in [0.25, 0.3) is 0 Å². The molecule has 6 heteroatoms. The van der Waals surface area contributed by atoms with Crippen LogP contribution >= 0.6 is 12.2 Å². The summed E-state index contributed by atoms with van der Waals surface area (Å²) in [6, 6.07) is 7.24. The van der Waals surface area contributed by atoms with Crippen molar-refractivity contribution in [2.45, 2.75) is 27.3 Å². The van der Waals surface area contributed by atoms with Crippen LogP contribution in [0.2, 0.25) is 0 Å². The normalized spacial score (nSPS) is 12.4. The van der Waals surface area contributed by atoms with E-state index in [2.05, 4.69) is 4.72 Å². The van der Waals surface area contributed by atoms with Gasteiger partial charge in [0.15, 0.2) is 0 Å². The molecule has 0 saturated carbocycles. The summed E-state index contributed by atoms with van der Waals surface area (Å²) in [5.74, 6) is 0.0923. The van der Waals surface area contributed by atoms with Crippen LogP contribution in [0.15, 0.2) is 24.3 Å². The Morgan fingerprint density at radius 2 is 2.00 bits per heavy atom. The fourth-order valence-corrected chi connectivity index (χ4v) is 3.40. The highest BCUT2D eigenvalue weighted by molar-refractivity contribution is 7.89. The van der Waals surface area contributed by atoms with Crippen molar-refractivity contribution in [3.05, 3.63) is 35.4 Å². The fourth-order valence-electron chi connectivity index (χ4n) is 1.65. The molecule has 0 aliphatic carbocycles. The fraction of sp³-hybridized carbons (Fsp3) is 0.462. The Morgan fingerprint density at radius 1 is 1.37 bits per heavy atom. The van der Waals surface area contributed by atoms with Crippen molar-refractivity contribution < 1.29 is 8.42 Å². The third-order valence-corrected chi connectivity index (χ3v) is 4.40. The summed E-state index contributed by atoms with van der Waals surface area (Å²) in [7, 11) is -3.28. The van der Waals surface area contributed by atoms with Gasteiger partial charge in [-0.15, -0.1) is 0 Å².